The minimum Gasteiger partial charge on any atom is -0.463 e. The second-order valence-corrected chi connectivity index (χ2v) is 5.79. The lowest BCUT2D eigenvalue weighted by molar-refractivity contribution is -0.137. The van der Waals surface area contributed by atoms with Crippen LogP contribution < -0.4 is 4.74 Å². The molecule has 6 heteroatoms. The molecule has 1 heterocycles. The Morgan fingerprint density at radius 2 is 1.81 bits per heavy atom. The second kappa shape index (κ2) is 7.86. The minimum absolute atomic E-state index is 0.0245. The SMILES string of the molecule is C=CC(=O)OCCCc1ccc2c(c1)oc1c(F)c(OC(=O)C=C)ccc12. The van der Waals surface area contributed by atoms with E-state index in [1.807, 2.05) is 18.2 Å². The quantitative estimate of drug-likeness (QED) is 0.266. The van der Waals surface area contributed by atoms with Crippen molar-refractivity contribution in [2.24, 2.45) is 0 Å². The summed E-state index contributed by atoms with van der Waals surface area (Å²) in [6.45, 7) is 6.91. The molecule has 1 aromatic heterocycles. The largest absolute Gasteiger partial charge is 0.463 e. The number of fused-ring (bicyclic) bond motifs is 3. The van der Waals surface area contributed by atoms with Crippen molar-refractivity contribution in [3.63, 3.8) is 0 Å². The molecule has 0 atom stereocenters. The van der Waals surface area contributed by atoms with Crippen LogP contribution in [0.1, 0.15) is 12.0 Å². The molecule has 3 aromatic rings. The van der Waals surface area contributed by atoms with Gasteiger partial charge in [0.2, 0.25) is 5.82 Å². The fourth-order valence-electron chi connectivity index (χ4n) is 2.73. The van der Waals surface area contributed by atoms with Crippen LogP contribution in [-0.4, -0.2) is 18.5 Å². The predicted molar refractivity (Wildman–Crippen MR) is 99.0 cm³/mol. The van der Waals surface area contributed by atoms with Crippen LogP contribution >= 0.6 is 0 Å². The van der Waals surface area contributed by atoms with E-state index in [9.17, 15) is 14.0 Å². The van der Waals surface area contributed by atoms with Crippen LogP contribution in [0.2, 0.25) is 0 Å². The normalized spacial score (nSPS) is 10.7. The number of halogens is 1. The van der Waals surface area contributed by atoms with Gasteiger partial charge in [0.15, 0.2) is 11.3 Å². The van der Waals surface area contributed by atoms with E-state index in [-0.39, 0.29) is 17.9 Å². The lowest BCUT2D eigenvalue weighted by Gasteiger charge is -2.03. The summed E-state index contributed by atoms with van der Waals surface area (Å²) in [5, 5.41) is 1.35. The first kappa shape index (κ1) is 18.4. The number of benzene rings is 2. The molecule has 27 heavy (non-hydrogen) atoms. The molecular formula is C21H17FO5. The van der Waals surface area contributed by atoms with Crippen LogP contribution in [0.25, 0.3) is 21.9 Å². The van der Waals surface area contributed by atoms with E-state index in [0.717, 1.165) is 23.1 Å². The van der Waals surface area contributed by atoms with Gasteiger partial charge in [-0.15, -0.1) is 0 Å². The van der Waals surface area contributed by atoms with Gasteiger partial charge in [0.25, 0.3) is 0 Å². The molecule has 0 aliphatic carbocycles. The molecule has 0 aliphatic heterocycles. The van der Waals surface area contributed by atoms with Crippen molar-refractivity contribution in [2.45, 2.75) is 12.8 Å². The molecule has 0 fully saturated rings. The van der Waals surface area contributed by atoms with Crippen LogP contribution in [0.4, 0.5) is 4.39 Å². The molecule has 0 saturated heterocycles. The van der Waals surface area contributed by atoms with E-state index in [1.54, 1.807) is 6.07 Å². The number of hydrogen-bond donors (Lipinski definition) is 0. The fraction of sp³-hybridized carbons (Fsp3) is 0.143. The lowest BCUT2D eigenvalue weighted by atomic mass is 10.1. The van der Waals surface area contributed by atoms with Crippen LogP contribution in [0.3, 0.4) is 0 Å². The Morgan fingerprint density at radius 3 is 2.56 bits per heavy atom. The van der Waals surface area contributed by atoms with Gasteiger partial charge in [0, 0.05) is 22.9 Å². The highest BCUT2D eigenvalue weighted by atomic mass is 19.1. The zero-order valence-corrected chi connectivity index (χ0v) is 14.5. The van der Waals surface area contributed by atoms with E-state index in [4.69, 9.17) is 13.9 Å². The van der Waals surface area contributed by atoms with Gasteiger partial charge < -0.3 is 13.9 Å². The number of carbonyl (C=O) groups excluding carboxylic acids is 2. The van der Waals surface area contributed by atoms with Crippen molar-refractivity contribution in [3.05, 3.63) is 67.0 Å². The fourth-order valence-corrected chi connectivity index (χ4v) is 2.73. The van der Waals surface area contributed by atoms with Gasteiger partial charge >= 0.3 is 11.9 Å². The zero-order chi connectivity index (χ0) is 19.4. The summed E-state index contributed by atoms with van der Waals surface area (Å²) in [6, 6.07) is 8.61. The van der Waals surface area contributed by atoms with E-state index >= 15 is 0 Å². The first-order valence-corrected chi connectivity index (χ1v) is 8.30. The average molecular weight is 368 g/mol. The highest BCUT2D eigenvalue weighted by molar-refractivity contribution is 6.05. The summed E-state index contributed by atoms with van der Waals surface area (Å²) >= 11 is 0. The Kier molecular flexibility index (Phi) is 5.35. The van der Waals surface area contributed by atoms with Crippen LogP contribution in [0.15, 0.2) is 60.1 Å². The summed E-state index contributed by atoms with van der Waals surface area (Å²) in [6.07, 6.45) is 3.39. The maximum absolute atomic E-state index is 14.6. The highest BCUT2D eigenvalue weighted by Crippen LogP contribution is 2.35. The maximum Gasteiger partial charge on any atom is 0.335 e. The Bertz CT molecular complexity index is 1050. The Hall–Kier alpha value is -3.41. The molecule has 0 aliphatic rings. The molecular weight excluding hydrogens is 351 g/mol. The maximum atomic E-state index is 14.6. The molecule has 0 bridgehead atoms. The van der Waals surface area contributed by atoms with Crippen molar-refractivity contribution in [1.29, 1.82) is 0 Å². The molecule has 0 amide bonds. The third-order valence-electron chi connectivity index (χ3n) is 4.01. The summed E-state index contributed by atoms with van der Waals surface area (Å²) in [4.78, 5) is 22.3. The zero-order valence-electron chi connectivity index (χ0n) is 14.5. The molecule has 5 nitrogen and oxygen atoms in total. The smallest absolute Gasteiger partial charge is 0.335 e. The summed E-state index contributed by atoms with van der Waals surface area (Å²) < 4.78 is 30.1. The van der Waals surface area contributed by atoms with Gasteiger partial charge in [-0.2, -0.15) is 4.39 Å². The van der Waals surface area contributed by atoms with E-state index < -0.39 is 17.8 Å². The molecule has 2 aromatic carbocycles. The van der Waals surface area contributed by atoms with Gasteiger partial charge in [-0.05, 0) is 36.6 Å². The van der Waals surface area contributed by atoms with Crippen LogP contribution in [-0.2, 0) is 20.7 Å². The van der Waals surface area contributed by atoms with Gasteiger partial charge in [-0.1, -0.05) is 25.3 Å². The Balaban J connectivity index is 1.84. The number of furan rings is 1. The Labute approximate surface area is 154 Å². The van der Waals surface area contributed by atoms with Gasteiger partial charge in [0.05, 0.1) is 6.61 Å². The monoisotopic (exact) mass is 368 g/mol. The lowest BCUT2D eigenvalue weighted by Crippen LogP contribution is -2.04. The first-order valence-electron chi connectivity index (χ1n) is 8.30. The summed E-state index contributed by atoms with van der Waals surface area (Å²) in [5.74, 6) is -2.15. The van der Waals surface area contributed by atoms with E-state index in [2.05, 4.69) is 13.2 Å². The molecule has 138 valence electrons. The number of esters is 2. The van der Waals surface area contributed by atoms with E-state index in [0.29, 0.717) is 23.8 Å². The van der Waals surface area contributed by atoms with Crippen molar-refractivity contribution in [2.75, 3.05) is 6.61 Å². The number of ether oxygens (including phenoxy) is 2. The van der Waals surface area contributed by atoms with Gasteiger partial charge in [0.1, 0.15) is 5.58 Å². The van der Waals surface area contributed by atoms with Gasteiger partial charge in [-0.3, -0.25) is 0 Å². The Morgan fingerprint density at radius 1 is 1.07 bits per heavy atom. The molecule has 0 N–H and O–H groups in total. The number of aryl methyl sites for hydroxylation is 1. The van der Waals surface area contributed by atoms with Crippen LogP contribution in [0.5, 0.6) is 5.75 Å². The molecule has 3 rings (SSSR count). The second-order valence-electron chi connectivity index (χ2n) is 5.79. The van der Waals surface area contributed by atoms with Crippen molar-refractivity contribution in [1.82, 2.24) is 0 Å². The van der Waals surface area contributed by atoms with Gasteiger partial charge in [-0.25, -0.2) is 9.59 Å². The molecule has 0 saturated carbocycles. The predicted octanol–water partition coefficient (Wildman–Crippen LogP) is 4.48. The molecule has 0 unspecified atom stereocenters. The number of rotatable bonds is 7. The van der Waals surface area contributed by atoms with Crippen molar-refractivity contribution >= 4 is 33.9 Å². The summed E-state index contributed by atoms with van der Waals surface area (Å²) in [5.41, 5.74) is 1.52. The van der Waals surface area contributed by atoms with Crippen molar-refractivity contribution < 1.29 is 27.9 Å². The van der Waals surface area contributed by atoms with E-state index in [1.165, 1.54) is 6.07 Å². The number of carbonyl (C=O) groups is 2. The highest BCUT2D eigenvalue weighted by Gasteiger charge is 2.17. The summed E-state index contributed by atoms with van der Waals surface area (Å²) in [7, 11) is 0. The number of hydrogen-bond acceptors (Lipinski definition) is 5. The topological polar surface area (TPSA) is 65.7 Å². The van der Waals surface area contributed by atoms with Crippen LogP contribution in [0, 0.1) is 5.82 Å². The minimum atomic E-state index is -0.746. The first-order chi connectivity index (χ1) is 13.0. The third-order valence-corrected chi connectivity index (χ3v) is 4.01. The molecule has 0 spiro atoms. The standard InChI is InChI=1S/C21H17FO5/c1-3-18(23)25-11-5-6-13-7-8-14-15-9-10-16(26-19(24)4-2)20(22)21(15)27-17(14)12-13/h3-4,7-10,12H,1-2,5-6,11H2. The van der Waals surface area contributed by atoms with Crippen molar-refractivity contribution in [3.8, 4) is 5.75 Å². The molecule has 0 radical (unpaired) electrons. The average Bonchev–Trinajstić information content (AvgIpc) is 3.05. The third kappa shape index (κ3) is 3.89.